The van der Waals surface area contributed by atoms with Gasteiger partial charge in [0.1, 0.15) is 0 Å². The predicted octanol–water partition coefficient (Wildman–Crippen LogP) is 0.696. The Hall–Kier alpha value is -5.25. The van der Waals surface area contributed by atoms with Crippen molar-refractivity contribution in [2.24, 2.45) is 0 Å². The number of pyridine rings is 4. The van der Waals surface area contributed by atoms with Crippen LogP contribution in [0.1, 0.15) is 22.3 Å². The summed E-state index contributed by atoms with van der Waals surface area (Å²) in [5, 5.41) is 42.5. The van der Waals surface area contributed by atoms with Gasteiger partial charge in [0.2, 0.25) is 11.0 Å². The summed E-state index contributed by atoms with van der Waals surface area (Å²) in [7, 11) is -3.12. The Morgan fingerprint density at radius 1 is 0.396 bits per heavy atom. The maximum Gasteiger partial charge on any atom is 0.488 e. The van der Waals surface area contributed by atoms with E-state index in [9.17, 15) is 20.1 Å². The zero-order chi connectivity index (χ0) is 33.0. The van der Waals surface area contributed by atoms with Crippen LogP contribution >= 0.6 is 0 Å². The Labute approximate surface area is 279 Å². The summed E-state index contributed by atoms with van der Waals surface area (Å²) in [4.78, 5) is 0. The molecular formula is C38H36B2N4O4+4. The first-order valence-corrected chi connectivity index (χ1v) is 16.0. The quantitative estimate of drug-likeness (QED) is 0.101. The van der Waals surface area contributed by atoms with Crippen LogP contribution in [-0.2, 0) is 26.2 Å². The van der Waals surface area contributed by atoms with E-state index in [1.165, 1.54) is 0 Å². The maximum atomic E-state index is 10.1. The Morgan fingerprint density at radius 2 is 0.771 bits per heavy atom. The van der Waals surface area contributed by atoms with E-state index in [1.54, 1.807) is 0 Å². The van der Waals surface area contributed by atoms with Crippen LogP contribution in [0.25, 0.3) is 21.8 Å². The maximum absolute atomic E-state index is 10.1. The summed E-state index contributed by atoms with van der Waals surface area (Å²) in [6, 6.07) is 36.1. The predicted molar refractivity (Wildman–Crippen MR) is 184 cm³/mol. The fourth-order valence-corrected chi connectivity index (χ4v) is 6.53. The van der Waals surface area contributed by atoms with E-state index in [0.29, 0.717) is 37.1 Å². The van der Waals surface area contributed by atoms with E-state index in [4.69, 9.17) is 0 Å². The fraction of sp³-hybridized carbons (Fsp3) is 0.105. The molecule has 0 aliphatic carbocycles. The lowest BCUT2D eigenvalue weighted by Crippen LogP contribution is -2.39. The highest BCUT2D eigenvalue weighted by Gasteiger charge is 2.21. The first kappa shape index (κ1) is 31.4. The lowest BCUT2D eigenvalue weighted by atomic mass is 9.78. The molecule has 0 unspecified atom stereocenters. The molecule has 4 N–H and O–H groups in total. The molecule has 0 fully saturated rings. The summed E-state index contributed by atoms with van der Waals surface area (Å²) < 4.78 is 8.50. The first-order chi connectivity index (χ1) is 23.4. The van der Waals surface area contributed by atoms with Crippen molar-refractivity contribution >= 4 is 47.0 Å². The van der Waals surface area contributed by atoms with Gasteiger partial charge in [-0.25, -0.2) is 9.13 Å². The molecule has 0 saturated carbocycles. The van der Waals surface area contributed by atoms with Crippen molar-refractivity contribution in [1.82, 2.24) is 0 Å². The molecule has 8 nitrogen and oxygen atoms in total. The Kier molecular flexibility index (Phi) is 9.05. The molecule has 0 bridgehead atoms. The van der Waals surface area contributed by atoms with Crippen LogP contribution in [0, 0.1) is 0 Å². The zero-order valence-electron chi connectivity index (χ0n) is 26.4. The third kappa shape index (κ3) is 7.02. The monoisotopic (exact) mass is 634 g/mol. The zero-order valence-corrected chi connectivity index (χ0v) is 26.4. The number of rotatable bonds is 10. The number of hydrogen-bond acceptors (Lipinski definition) is 4. The van der Waals surface area contributed by atoms with E-state index in [0.717, 1.165) is 44.1 Å². The van der Waals surface area contributed by atoms with Crippen LogP contribution < -0.4 is 29.2 Å². The molecule has 3 aromatic carbocycles. The summed E-state index contributed by atoms with van der Waals surface area (Å²) in [5.74, 6) is 0. The van der Waals surface area contributed by atoms with Gasteiger partial charge in [-0.1, -0.05) is 36.4 Å². The van der Waals surface area contributed by atoms with Crippen molar-refractivity contribution < 1.29 is 38.4 Å². The van der Waals surface area contributed by atoms with Crippen molar-refractivity contribution in [3.8, 4) is 0 Å². The summed E-state index contributed by atoms with van der Waals surface area (Å²) in [6.07, 6.45) is 12.1. The van der Waals surface area contributed by atoms with Crippen molar-refractivity contribution in [1.29, 1.82) is 0 Å². The van der Waals surface area contributed by atoms with Crippen LogP contribution in [0.15, 0.2) is 146 Å². The summed E-state index contributed by atoms with van der Waals surface area (Å²) in [5.41, 5.74) is 6.98. The highest BCUT2D eigenvalue weighted by molar-refractivity contribution is 6.59. The molecule has 0 aliphatic rings. The molecule has 10 heteroatoms. The fourth-order valence-electron chi connectivity index (χ4n) is 6.53. The number of nitrogens with zero attached hydrogens (tertiary/aromatic N) is 4. The molecule has 234 valence electrons. The third-order valence-corrected chi connectivity index (χ3v) is 8.65. The van der Waals surface area contributed by atoms with E-state index in [1.807, 2.05) is 97.6 Å². The molecule has 7 aromatic rings. The minimum atomic E-state index is -1.56. The van der Waals surface area contributed by atoms with Gasteiger partial charge in [0.05, 0.1) is 10.8 Å². The van der Waals surface area contributed by atoms with Gasteiger partial charge in [-0.15, -0.1) is 0 Å². The van der Waals surface area contributed by atoms with Crippen molar-refractivity contribution in [3.05, 3.63) is 169 Å². The Bertz CT molecular complexity index is 2060. The normalized spacial score (nSPS) is 11.2. The largest absolute Gasteiger partial charge is 0.488 e. The second-order valence-corrected chi connectivity index (χ2v) is 12.2. The minimum absolute atomic E-state index is 0.467. The van der Waals surface area contributed by atoms with Gasteiger partial charge in [-0.3, -0.25) is 0 Å². The summed E-state index contributed by atoms with van der Waals surface area (Å²) >= 11 is 0. The van der Waals surface area contributed by atoms with E-state index < -0.39 is 14.2 Å². The molecule has 7 rings (SSSR count). The third-order valence-electron chi connectivity index (χ3n) is 8.65. The van der Waals surface area contributed by atoms with Gasteiger partial charge < -0.3 is 20.1 Å². The number of hydrogen-bond donors (Lipinski definition) is 4. The number of aromatic nitrogens is 4. The Morgan fingerprint density at radius 3 is 1.15 bits per heavy atom. The van der Waals surface area contributed by atoms with E-state index in [2.05, 4.69) is 67.1 Å². The number of benzene rings is 3. The van der Waals surface area contributed by atoms with E-state index >= 15 is 0 Å². The van der Waals surface area contributed by atoms with Crippen LogP contribution in [0.5, 0.6) is 0 Å². The van der Waals surface area contributed by atoms with Gasteiger partial charge in [-0.05, 0) is 35.2 Å². The van der Waals surface area contributed by atoms with Gasteiger partial charge >= 0.3 is 14.2 Å². The molecule has 4 aromatic heterocycles. The average Bonchev–Trinajstić information content (AvgIpc) is 3.09. The standard InChI is InChI=1S/C38H36B2N4O4/c45-39(46)33-21-29(25-41-13-3-1-4-14-41)19-31(23-33)27-43-17-7-9-35-36-10-8-18-44(38(36)12-11-37(35)43)28-32-20-30(22-34(24-32)40(47)48)26-42-15-5-2-6-16-42/h1-24,45-48H,25-28H2/q+4. The molecule has 0 radical (unpaired) electrons. The van der Waals surface area contributed by atoms with Crippen molar-refractivity contribution in [3.63, 3.8) is 0 Å². The molecule has 0 spiro atoms. The minimum Gasteiger partial charge on any atom is -0.423 e. The molecule has 4 heterocycles. The molecule has 48 heavy (non-hydrogen) atoms. The second kappa shape index (κ2) is 13.9. The van der Waals surface area contributed by atoms with Crippen LogP contribution in [0.2, 0.25) is 0 Å². The van der Waals surface area contributed by atoms with Crippen molar-refractivity contribution in [2.45, 2.75) is 26.2 Å². The molecule has 0 aliphatic heterocycles. The van der Waals surface area contributed by atoms with Gasteiger partial charge in [-0.2, -0.15) is 9.13 Å². The molecule has 0 atom stereocenters. The van der Waals surface area contributed by atoms with E-state index in [-0.39, 0.29) is 0 Å². The number of fused-ring (bicyclic) bond motifs is 3. The molecule has 0 saturated heterocycles. The van der Waals surface area contributed by atoms with Gasteiger partial charge in [0.25, 0.3) is 0 Å². The van der Waals surface area contributed by atoms with Crippen LogP contribution in [0.4, 0.5) is 0 Å². The summed E-state index contributed by atoms with van der Waals surface area (Å²) in [6.45, 7) is 2.35. The molecule has 0 amide bonds. The lowest BCUT2D eigenvalue weighted by Gasteiger charge is -2.09. The molecular weight excluding hydrogens is 598 g/mol. The highest BCUT2D eigenvalue weighted by Crippen LogP contribution is 2.21. The SMILES string of the molecule is OB(O)c1cc(C[n+]2ccccc2)cc(C[n+]2cccc3c4ccc[n+](Cc5cc(C[n+]6ccccc6)cc(B(O)O)c5)c4ccc32)c1. The highest BCUT2D eigenvalue weighted by atomic mass is 16.4. The first-order valence-electron chi connectivity index (χ1n) is 16.0. The van der Waals surface area contributed by atoms with Gasteiger partial charge in [0.15, 0.2) is 63.4 Å². The van der Waals surface area contributed by atoms with Crippen LogP contribution in [0.3, 0.4) is 0 Å². The van der Waals surface area contributed by atoms with Crippen molar-refractivity contribution in [2.75, 3.05) is 0 Å². The Balaban J connectivity index is 1.22. The van der Waals surface area contributed by atoms with Gasteiger partial charge in [0, 0.05) is 70.8 Å². The average molecular weight is 634 g/mol. The lowest BCUT2D eigenvalue weighted by molar-refractivity contribution is -0.688. The second-order valence-electron chi connectivity index (χ2n) is 12.2. The smallest absolute Gasteiger partial charge is 0.423 e. The van der Waals surface area contributed by atoms with Crippen LogP contribution in [-0.4, -0.2) is 34.3 Å². The topological polar surface area (TPSA) is 96.4 Å².